The number of hydrogen-bond acceptors (Lipinski definition) is 7. The van der Waals surface area contributed by atoms with Crippen LogP contribution in [0, 0.1) is 12.8 Å². The van der Waals surface area contributed by atoms with E-state index in [9.17, 15) is 19.2 Å². The number of Topliss-reactive ketones (excluding diaryl/α,β-unsaturated/α-hetero) is 1. The first-order chi connectivity index (χ1) is 11.8. The average molecular weight is 361 g/mol. The minimum Gasteiger partial charge on any atom is -0.463 e. The second-order valence-corrected chi connectivity index (χ2v) is 6.58. The lowest BCUT2D eigenvalue weighted by Gasteiger charge is -2.19. The van der Waals surface area contributed by atoms with Crippen molar-refractivity contribution in [1.29, 1.82) is 0 Å². The van der Waals surface area contributed by atoms with Crippen LogP contribution in [-0.4, -0.2) is 39.0 Å². The Morgan fingerprint density at radius 3 is 2.72 bits per heavy atom. The number of rotatable bonds is 3. The summed E-state index contributed by atoms with van der Waals surface area (Å²) in [4.78, 5) is 48.3. The lowest BCUT2D eigenvalue weighted by Crippen LogP contribution is -2.40. The van der Waals surface area contributed by atoms with Crippen LogP contribution in [0.15, 0.2) is 38.3 Å². The highest BCUT2D eigenvalue weighted by atomic mass is 32.2. The van der Waals surface area contributed by atoms with Crippen LogP contribution in [0.1, 0.15) is 5.69 Å². The predicted molar refractivity (Wildman–Crippen MR) is 93.4 cm³/mol. The Balaban J connectivity index is 2.06. The SMILES string of the molecule is COC(=O)C(=O)C1=NSC2C=CC(n3c(=O)cc(C)n(C)c3=O)=CC12. The van der Waals surface area contributed by atoms with Gasteiger partial charge in [-0.25, -0.2) is 18.6 Å². The zero-order valence-electron chi connectivity index (χ0n) is 13.8. The van der Waals surface area contributed by atoms with Gasteiger partial charge in [0, 0.05) is 24.7 Å². The number of ketones is 1. The van der Waals surface area contributed by atoms with Crippen LogP contribution in [0.5, 0.6) is 0 Å². The topological polar surface area (TPSA) is 99.7 Å². The first kappa shape index (κ1) is 17.2. The van der Waals surface area contributed by atoms with Gasteiger partial charge in [0.25, 0.3) is 11.3 Å². The second kappa shape index (κ2) is 6.32. The molecule has 0 N–H and O–H groups in total. The summed E-state index contributed by atoms with van der Waals surface area (Å²) in [5, 5.41) is -0.169. The molecule has 8 nitrogen and oxygen atoms in total. The zero-order valence-corrected chi connectivity index (χ0v) is 14.6. The molecule has 2 atom stereocenters. The Morgan fingerprint density at radius 2 is 2.04 bits per heavy atom. The Morgan fingerprint density at radius 1 is 1.32 bits per heavy atom. The fourth-order valence-corrected chi connectivity index (χ4v) is 3.60. The minimum absolute atomic E-state index is 0.0562. The summed E-state index contributed by atoms with van der Waals surface area (Å²) in [6.45, 7) is 1.67. The van der Waals surface area contributed by atoms with E-state index >= 15 is 0 Å². The van der Waals surface area contributed by atoms with Gasteiger partial charge in [-0.1, -0.05) is 6.08 Å². The molecule has 0 spiro atoms. The maximum atomic E-state index is 12.4. The normalized spacial score (nSPS) is 21.4. The maximum Gasteiger partial charge on any atom is 0.380 e. The van der Waals surface area contributed by atoms with Crippen molar-refractivity contribution in [3.05, 3.63) is 50.8 Å². The molecule has 1 aliphatic heterocycles. The number of aromatic nitrogens is 2. The number of fused-ring (bicyclic) bond motifs is 1. The molecule has 0 aromatic carbocycles. The third-order valence-corrected chi connectivity index (χ3v) is 5.17. The Labute approximate surface area is 146 Å². The summed E-state index contributed by atoms with van der Waals surface area (Å²) in [6.07, 6.45) is 5.02. The van der Waals surface area contributed by atoms with Crippen LogP contribution in [0.4, 0.5) is 0 Å². The van der Waals surface area contributed by atoms with E-state index < -0.39 is 28.9 Å². The van der Waals surface area contributed by atoms with Gasteiger partial charge in [0.1, 0.15) is 5.71 Å². The van der Waals surface area contributed by atoms with Crippen LogP contribution >= 0.6 is 11.9 Å². The monoisotopic (exact) mass is 361 g/mol. The fourth-order valence-electron chi connectivity index (χ4n) is 2.67. The van der Waals surface area contributed by atoms with Crippen molar-refractivity contribution in [3.63, 3.8) is 0 Å². The van der Waals surface area contributed by atoms with Gasteiger partial charge >= 0.3 is 11.7 Å². The molecule has 130 valence electrons. The third kappa shape index (κ3) is 2.80. The number of hydrogen-bond donors (Lipinski definition) is 0. The molecule has 1 aromatic heterocycles. The number of nitrogens with zero attached hydrogens (tertiary/aromatic N) is 3. The molecule has 0 saturated carbocycles. The van der Waals surface area contributed by atoms with Crippen molar-refractivity contribution >= 4 is 35.1 Å². The molecule has 0 fully saturated rings. The lowest BCUT2D eigenvalue weighted by atomic mass is 9.91. The zero-order chi connectivity index (χ0) is 18.3. The van der Waals surface area contributed by atoms with Crippen LogP contribution in [0.25, 0.3) is 5.70 Å². The van der Waals surface area contributed by atoms with E-state index in [1.165, 1.54) is 10.6 Å². The van der Waals surface area contributed by atoms with Crippen molar-refractivity contribution in [3.8, 4) is 0 Å². The molecular weight excluding hydrogens is 346 g/mol. The highest BCUT2D eigenvalue weighted by Gasteiger charge is 2.38. The highest BCUT2D eigenvalue weighted by molar-refractivity contribution is 7.99. The number of aryl methyl sites for hydroxylation is 1. The van der Waals surface area contributed by atoms with E-state index in [4.69, 9.17) is 0 Å². The first-order valence-corrected chi connectivity index (χ1v) is 8.25. The van der Waals surface area contributed by atoms with E-state index in [0.29, 0.717) is 11.4 Å². The van der Waals surface area contributed by atoms with Gasteiger partial charge in [-0.15, -0.1) is 0 Å². The Hall–Kier alpha value is -2.68. The van der Waals surface area contributed by atoms with Gasteiger partial charge in [0.15, 0.2) is 0 Å². The second-order valence-electron chi connectivity index (χ2n) is 5.64. The number of methoxy groups -OCH3 is 1. The van der Waals surface area contributed by atoms with E-state index in [1.54, 1.807) is 32.2 Å². The standard InChI is InChI=1S/C16H15N3O5S/c1-8-6-12(20)19(16(23)18(8)2)9-4-5-11-10(7-9)13(17-25-11)14(21)15(22)24-3/h4-7,10-11H,1-3H3. The number of ether oxygens (including phenoxy) is 1. The highest BCUT2D eigenvalue weighted by Crippen LogP contribution is 2.36. The van der Waals surface area contributed by atoms with E-state index in [-0.39, 0.29) is 11.0 Å². The van der Waals surface area contributed by atoms with Crippen molar-refractivity contribution in [1.82, 2.24) is 9.13 Å². The molecule has 0 amide bonds. The third-order valence-electron chi connectivity index (χ3n) is 4.17. The summed E-state index contributed by atoms with van der Waals surface area (Å²) >= 11 is 1.16. The van der Waals surface area contributed by atoms with Gasteiger partial charge in [0.2, 0.25) is 0 Å². The van der Waals surface area contributed by atoms with E-state index in [1.807, 2.05) is 0 Å². The summed E-state index contributed by atoms with van der Waals surface area (Å²) in [5.74, 6) is -2.32. The number of allylic oxidation sites excluding steroid dienone is 3. The fraction of sp³-hybridized carbons (Fsp3) is 0.312. The predicted octanol–water partition coefficient (Wildman–Crippen LogP) is 0.0958. The number of carbonyl (C=O) groups is 2. The van der Waals surface area contributed by atoms with Crippen LogP contribution < -0.4 is 11.2 Å². The first-order valence-electron chi connectivity index (χ1n) is 7.41. The van der Waals surface area contributed by atoms with Gasteiger partial charge in [-0.2, -0.15) is 0 Å². The van der Waals surface area contributed by atoms with E-state index in [2.05, 4.69) is 9.13 Å². The number of esters is 1. The number of carbonyl (C=O) groups excluding carboxylic acids is 2. The largest absolute Gasteiger partial charge is 0.463 e. The average Bonchev–Trinajstić information content (AvgIpc) is 3.01. The molecular formula is C16H15N3O5S. The minimum atomic E-state index is -0.993. The van der Waals surface area contributed by atoms with Crippen LogP contribution in [-0.2, 0) is 21.4 Å². The maximum absolute atomic E-state index is 12.4. The van der Waals surface area contributed by atoms with E-state index in [0.717, 1.165) is 23.6 Å². The molecule has 2 unspecified atom stereocenters. The smallest absolute Gasteiger partial charge is 0.380 e. The molecule has 0 radical (unpaired) electrons. The van der Waals surface area contributed by atoms with Crippen molar-refractivity contribution < 1.29 is 14.3 Å². The summed E-state index contributed by atoms with van der Waals surface area (Å²) < 4.78 is 10.9. The van der Waals surface area contributed by atoms with Gasteiger partial charge in [0.05, 0.1) is 18.1 Å². The molecule has 25 heavy (non-hydrogen) atoms. The molecule has 2 heterocycles. The molecule has 0 bridgehead atoms. The summed E-state index contributed by atoms with van der Waals surface area (Å²) in [6, 6.07) is 1.36. The summed E-state index contributed by atoms with van der Waals surface area (Å²) in [7, 11) is 2.70. The van der Waals surface area contributed by atoms with Crippen molar-refractivity contribution in [2.24, 2.45) is 17.4 Å². The van der Waals surface area contributed by atoms with Crippen LogP contribution in [0.3, 0.4) is 0 Å². The molecule has 9 heteroatoms. The summed E-state index contributed by atoms with van der Waals surface area (Å²) in [5.41, 5.74) is 0.00521. The quantitative estimate of drug-likeness (QED) is 0.430. The lowest BCUT2D eigenvalue weighted by molar-refractivity contribution is -0.148. The van der Waals surface area contributed by atoms with Gasteiger partial charge in [-0.05, 0) is 31.0 Å². The molecule has 1 aromatic rings. The Kier molecular flexibility index (Phi) is 4.34. The van der Waals surface area contributed by atoms with Crippen molar-refractivity contribution in [2.45, 2.75) is 12.2 Å². The molecule has 1 aliphatic carbocycles. The molecule has 2 aliphatic rings. The van der Waals surface area contributed by atoms with Gasteiger partial charge < -0.3 is 9.30 Å². The molecule has 0 saturated heterocycles. The Bertz CT molecular complexity index is 982. The van der Waals surface area contributed by atoms with Crippen molar-refractivity contribution in [2.75, 3.05) is 7.11 Å². The van der Waals surface area contributed by atoms with Crippen LogP contribution in [0.2, 0.25) is 0 Å². The van der Waals surface area contributed by atoms with Gasteiger partial charge in [-0.3, -0.25) is 9.59 Å². The molecule has 3 rings (SSSR count).